The molecule has 0 heterocycles. The molecule has 2 aromatic carbocycles. The lowest BCUT2D eigenvalue weighted by atomic mass is 10.2. The summed E-state index contributed by atoms with van der Waals surface area (Å²) in [6.45, 7) is -0.970. The van der Waals surface area contributed by atoms with Gasteiger partial charge < -0.3 is 35.0 Å². The zero-order valence-corrected chi connectivity index (χ0v) is 15.6. The Balaban J connectivity index is 1.84. The Bertz CT molecular complexity index is 963. The summed E-state index contributed by atoms with van der Waals surface area (Å²) in [5.41, 5.74) is 0.873. The number of aliphatic hydroxyl groups is 1. The van der Waals surface area contributed by atoms with E-state index in [-0.39, 0.29) is 29.6 Å². The molecule has 0 aromatic heterocycles. The standard InChI is InChI=1S/C21H20O9/c22-11-15(30-21(28)8-4-14-2-6-17(24)19(26)10-14)12-29-20(27)7-3-13-1-5-16(23)18(25)9-13/h1-10,15,22-26H,11-12H2/b7-3+,8-4+. The van der Waals surface area contributed by atoms with Crippen molar-refractivity contribution in [3.63, 3.8) is 0 Å². The number of aromatic hydroxyl groups is 4. The van der Waals surface area contributed by atoms with Crippen molar-refractivity contribution in [2.75, 3.05) is 13.2 Å². The predicted molar refractivity (Wildman–Crippen MR) is 106 cm³/mol. The minimum Gasteiger partial charge on any atom is -0.504 e. The maximum Gasteiger partial charge on any atom is 0.331 e. The maximum absolute atomic E-state index is 11.8. The number of phenols is 4. The quantitative estimate of drug-likeness (QED) is 0.246. The number of hydrogen-bond donors (Lipinski definition) is 5. The fourth-order valence-corrected chi connectivity index (χ4v) is 2.17. The molecular formula is C21H20O9. The van der Waals surface area contributed by atoms with Crippen molar-refractivity contribution >= 4 is 24.1 Å². The van der Waals surface area contributed by atoms with Crippen LogP contribution >= 0.6 is 0 Å². The molecule has 0 amide bonds. The molecule has 0 radical (unpaired) electrons. The Labute approximate surface area is 171 Å². The zero-order valence-electron chi connectivity index (χ0n) is 15.6. The van der Waals surface area contributed by atoms with Gasteiger partial charge in [0.2, 0.25) is 0 Å². The number of ether oxygens (including phenoxy) is 2. The fraction of sp³-hybridized carbons (Fsp3) is 0.143. The molecule has 0 aliphatic heterocycles. The predicted octanol–water partition coefficient (Wildman–Crippen LogP) is 1.68. The summed E-state index contributed by atoms with van der Waals surface area (Å²) in [7, 11) is 0. The average molecular weight is 416 g/mol. The van der Waals surface area contributed by atoms with Crippen LogP contribution in [-0.2, 0) is 19.1 Å². The van der Waals surface area contributed by atoms with E-state index in [1.54, 1.807) is 0 Å². The lowest BCUT2D eigenvalue weighted by molar-refractivity contribution is -0.154. The van der Waals surface area contributed by atoms with Crippen LogP contribution in [-0.4, -0.2) is 56.8 Å². The molecule has 2 rings (SSSR count). The highest BCUT2D eigenvalue weighted by molar-refractivity contribution is 5.88. The summed E-state index contributed by atoms with van der Waals surface area (Å²) in [6, 6.07) is 7.93. The minimum atomic E-state index is -1.09. The Morgan fingerprint density at radius 3 is 1.77 bits per heavy atom. The van der Waals surface area contributed by atoms with Crippen LogP contribution in [0.2, 0.25) is 0 Å². The second kappa shape index (κ2) is 10.5. The summed E-state index contributed by atoms with van der Waals surface area (Å²) in [5.74, 6) is -2.86. The number of hydrogen-bond acceptors (Lipinski definition) is 9. The second-order valence-corrected chi connectivity index (χ2v) is 6.03. The third-order valence-corrected chi connectivity index (χ3v) is 3.72. The van der Waals surface area contributed by atoms with E-state index in [4.69, 9.17) is 9.47 Å². The molecule has 0 saturated heterocycles. The van der Waals surface area contributed by atoms with Crippen molar-refractivity contribution < 1.29 is 44.6 Å². The van der Waals surface area contributed by atoms with Crippen LogP contribution < -0.4 is 0 Å². The van der Waals surface area contributed by atoms with Crippen LogP contribution in [0.4, 0.5) is 0 Å². The van der Waals surface area contributed by atoms with Gasteiger partial charge in [-0.1, -0.05) is 12.1 Å². The molecule has 1 atom stereocenters. The van der Waals surface area contributed by atoms with Crippen LogP contribution in [0.3, 0.4) is 0 Å². The molecule has 0 saturated carbocycles. The molecule has 5 N–H and O–H groups in total. The SMILES string of the molecule is O=C(/C=C/c1ccc(O)c(O)c1)OCC(CO)OC(=O)/C=C/c1ccc(O)c(O)c1. The molecule has 9 nitrogen and oxygen atoms in total. The van der Waals surface area contributed by atoms with E-state index in [1.165, 1.54) is 48.6 Å². The third-order valence-electron chi connectivity index (χ3n) is 3.72. The number of phenolic OH excluding ortho intramolecular Hbond substituents is 4. The summed E-state index contributed by atoms with van der Waals surface area (Å²) in [6.07, 6.45) is 3.70. The van der Waals surface area contributed by atoms with E-state index >= 15 is 0 Å². The van der Waals surface area contributed by atoms with Gasteiger partial charge in [-0.05, 0) is 47.5 Å². The Morgan fingerprint density at radius 2 is 1.30 bits per heavy atom. The van der Waals surface area contributed by atoms with Crippen molar-refractivity contribution in [1.82, 2.24) is 0 Å². The van der Waals surface area contributed by atoms with E-state index < -0.39 is 24.6 Å². The summed E-state index contributed by atoms with van der Waals surface area (Å²) in [5, 5.41) is 46.6. The van der Waals surface area contributed by atoms with E-state index in [9.17, 15) is 35.1 Å². The third kappa shape index (κ3) is 6.88. The van der Waals surface area contributed by atoms with Crippen LogP contribution in [0.5, 0.6) is 23.0 Å². The van der Waals surface area contributed by atoms with Crippen molar-refractivity contribution in [2.45, 2.75) is 6.10 Å². The van der Waals surface area contributed by atoms with Crippen molar-refractivity contribution in [2.24, 2.45) is 0 Å². The van der Waals surface area contributed by atoms with Crippen LogP contribution in [0, 0.1) is 0 Å². The van der Waals surface area contributed by atoms with Gasteiger partial charge in [0.05, 0.1) is 6.61 Å². The largest absolute Gasteiger partial charge is 0.504 e. The first-order chi connectivity index (χ1) is 14.3. The van der Waals surface area contributed by atoms with E-state index in [1.807, 2.05) is 0 Å². The van der Waals surface area contributed by atoms with Gasteiger partial charge in [-0.15, -0.1) is 0 Å². The van der Waals surface area contributed by atoms with Crippen LogP contribution in [0.15, 0.2) is 48.6 Å². The first-order valence-electron chi connectivity index (χ1n) is 8.67. The minimum absolute atomic E-state index is 0.293. The first-order valence-corrected chi connectivity index (χ1v) is 8.67. The molecule has 158 valence electrons. The normalized spacial score (nSPS) is 12.2. The van der Waals surface area contributed by atoms with Crippen molar-refractivity contribution in [1.29, 1.82) is 0 Å². The molecule has 0 bridgehead atoms. The van der Waals surface area contributed by atoms with E-state index in [2.05, 4.69) is 0 Å². The molecule has 9 heteroatoms. The maximum atomic E-state index is 11.8. The van der Waals surface area contributed by atoms with E-state index in [0.717, 1.165) is 12.2 Å². The first kappa shape index (κ1) is 22.3. The van der Waals surface area contributed by atoms with Gasteiger partial charge in [0.1, 0.15) is 6.61 Å². The molecule has 0 spiro atoms. The highest BCUT2D eigenvalue weighted by Gasteiger charge is 2.14. The fourth-order valence-electron chi connectivity index (χ4n) is 2.17. The molecule has 0 aliphatic carbocycles. The van der Waals surface area contributed by atoms with Gasteiger partial charge in [0.25, 0.3) is 0 Å². The number of rotatable bonds is 8. The van der Waals surface area contributed by atoms with Crippen molar-refractivity contribution in [3.05, 3.63) is 59.7 Å². The molecule has 30 heavy (non-hydrogen) atoms. The van der Waals surface area contributed by atoms with Gasteiger partial charge in [-0.25, -0.2) is 9.59 Å². The van der Waals surface area contributed by atoms with Crippen LogP contribution in [0.1, 0.15) is 11.1 Å². The van der Waals surface area contributed by atoms with Gasteiger partial charge in [0, 0.05) is 12.2 Å². The number of esters is 2. The Kier molecular flexibility index (Phi) is 7.83. The second-order valence-electron chi connectivity index (χ2n) is 6.03. The number of aliphatic hydroxyl groups excluding tert-OH is 1. The average Bonchev–Trinajstić information content (AvgIpc) is 2.72. The molecule has 0 fully saturated rings. The monoisotopic (exact) mass is 416 g/mol. The van der Waals surface area contributed by atoms with Gasteiger partial charge in [-0.2, -0.15) is 0 Å². The molecule has 2 aromatic rings. The lowest BCUT2D eigenvalue weighted by Crippen LogP contribution is -2.27. The van der Waals surface area contributed by atoms with Crippen molar-refractivity contribution in [3.8, 4) is 23.0 Å². The Morgan fingerprint density at radius 1 is 0.800 bits per heavy atom. The molecule has 1 unspecified atom stereocenters. The van der Waals surface area contributed by atoms with Gasteiger partial charge >= 0.3 is 11.9 Å². The molecular weight excluding hydrogens is 396 g/mol. The van der Waals surface area contributed by atoms with Gasteiger partial charge in [0.15, 0.2) is 29.1 Å². The lowest BCUT2D eigenvalue weighted by Gasteiger charge is -2.13. The number of carbonyl (C=O) groups excluding carboxylic acids is 2. The summed E-state index contributed by atoms with van der Waals surface area (Å²) in [4.78, 5) is 23.6. The van der Waals surface area contributed by atoms with Crippen LogP contribution in [0.25, 0.3) is 12.2 Å². The highest BCUT2D eigenvalue weighted by atomic mass is 16.6. The number of carbonyl (C=O) groups is 2. The topological polar surface area (TPSA) is 154 Å². The summed E-state index contributed by atoms with van der Waals surface area (Å²) >= 11 is 0. The Hall–Kier alpha value is -3.98. The summed E-state index contributed by atoms with van der Waals surface area (Å²) < 4.78 is 9.87. The highest BCUT2D eigenvalue weighted by Crippen LogP contribution is 2.26. The van der Waals surface area contributed by atoms with Gasteiger partial charge in [-0.3, -0.25) is 0 Å². The smallest absolute Gasteiger partial charge is 0.331 e. The van der Waals surface area contributed by atoms with E-state index in [0.29, 0.717) is 11.1 Å². The zero-order chi connectivity index (χ0) is 22.1. The number of benzene rings is 2. The molecule has 0 aliphatic rings.